The van der Waals surface area contributed by atoms with Gasteiger partial charge in [0.1, 0.15) is 12.3 Å². The fourth-order valence-electron chi connectivity index (χ4n) is 3.32. The van der Waals surface area contributed by atoms with Gasteiger partial charge in [-0.15, -0.1) is 0 Å². The molecule has 6 heteroatoms. The fourth-order valence-corrected chi connectivity index (χ4v) is 3.32. The van der Waals surface area contributed by atoms with Crippen LogP contribution in [0.3, 0.4) is 0 Å². The molecule has 1 aliphatic carbocycles. The molecule has 0 spiro atoms. The lowest BCUT2D eigenvalue weighted by Crippen LogP contribution is -2.38. The lowest BCUT2D eigenvalue weighted by atomic mass is 10.1. The van der Waals surface area contributed by atoms with E-state index >= 15 is 0 Å². The predicted octanol–water partition coefficient (Wildman–Crippen LogP) is 2.76. The van der Waals surface area contributed by atoms with Gasteiger partial charge in [-0.2, -0.15) is 0 Å². The Balaban J connectivity index is 1.65. The zero-order valence-electron chi connectivity index (χ0n) is 15.1. The molecule has 0 saturated heterocycles. The molecule has 1 amide bonds. The Morgan fingerprint density at radius 3 is 2.50 bits per heavy atom. The highest BCUT2D eigenvalue weighted by Gasteiger charge is 2.15. The van der Waals surface area contributed by atoms with Crippen LogP contribution in [0, 0.1) is 0 Å². The van der Waals surface area contributed by atoms with Crippen LogP contribution in [0.5, 0.6) is 5.75 Å². The summed E-state index contributed by atoms with van der Waals surface area (Å²) in [5.74, 6) is 0.621. The molecule has 26 heavy (non-hydrogen) atoms. The fraction of sp³-hybridized carbons (Fsp3) is 0.450. The van der Waals surface area contributed by atoms with Crippen LogP contribution in [0.2, 0.25) is 0 Å². The van der Waals surface area contributed by atoms with Gasteiger partial charge < -0.3 is 10.1 Å². The Kier molecular flexibility index (Phi) is 6.04. The third kappa shape index (κ3) is 4.71. The quantitative estimate of drug-likeness (QED) is 0.837. The van der Waals surface area contributed by atoms with Crippen LogP contribution in [0.15, 0.2) is 41.5 Å². The Labute approximate surface area is 153 Å². The summed E-state index contributed by atoms with van der Waals surface area (Å²) in [6.45, 7) is 0.00518. The van der Waals surface area contributed by atoms with Gasteiger partial charge in [0.05, 0.1) is 19.1 Å². The van der Waals surface area contributed by atoms with Gasteiger partial charge in [-0.25, -0.2) is 4.98 Å². The number of nitrogens with zero attached hydrogens (tertiary/aromatic N) is 2. The minimum atomic E-state index is -0.234. The summed E-state index contributed by atoms with van der Waals surface area (Å²) in [6.07, 6.45) is 8.27. The average Bonchev–Trinajstić information content (AvgIpc) is 2.92. The van der Waals surface area contributed by atoms with Crippen LogP contribution < -0.4 is 15.6 Å². The Hall–Kier alpha value is -2.63. The molecule has 138 valence electrons. The van der Waals surface area contributed by atoms with Crippen molar-refractivity contribution in [3.63, 3.8) is 0 Å². The van der Waals surface area contributed by atoms with Gasteiger partial charge in [0.25, 0.3) is 5.56 Å². The van der Waals surface area contributed by atoms with E-state index in [0.717, 1.165) is 37.0 Å². The van der Waals surface area contributed by atoms with E-state index in [2.05, 4.69) is 10.3 Å². The van der Waals surface area contributed by atoms with Crippen molar-refractivity contribution in [3.05, 3.63) is 47.0 Å². The molecule has 0 aliphatic heterocycles. The maximum absolute atomic E-state index is 12.3. The zero-order valence-corrected chi connectivity index (χ0v) is 15.1. The lowest BCUT2D eigenvalue weighted by Gasteiger charge is -2.16. The molecule has 2 aromatic rings. The highest BCUT2D eigenvalue weighted by atomic mass is 16.5. The monoisotopic (exact) mass is 355 g/mol. The van der Waals surface area contributed by atoms with E-state index in [1.807, 2.05) is 24.3 Å². The van der Waals surface area contributed by atoms with E-state index in [9.17, 15) is 9.59 Å². The first-order valence-corrected chi connectivity index (χ1v) is 9.16. The normalized spacial score (nSPS) is 15.3. The maximum atomic E-state index is 12.3. The van der Waals surface area contributed by atoms with Gasteiger partial charge >= 0.3 is 0 Å². The SMILES string of the molecule is COc1ccc(-c2cc(=O)n(CC(=O)NC3CCCCCC3)cn2)cc1. The van der Waals surface area contributed by atoms with Crippen molar-refractivity contribution in [3.8, 4) is 17.0 Å². The molecule has 0 atom stereocenters. The molecule has 3 rings (SSSR count). The van der Waals surface area contributed by atoms with Gasteiger partial charge in [0, 0.05) is 17.7 Å². The molecule has 1 saturated carbocycles. The molecular formula is C20H25N3O3. The summed E-state index contributed by atoms with van der Waals surface area (Å²) in [6, 6.07) is 9.03. The second-order valence-corrected chi connectivity index (χ2v) is 6.72. The number of amides is 1. The summed E-state index contributed by atoms with van der Waals surface area (Å²) in [5, 5.41) is 3.05. The largest absolute Gasteiger partial charge is 0.497 e. The van der Waals surface area contributed by atoms with Crippen molar-refractivity contribution in [2.45, 2.75) is 51.1 Å². The summed E-state index contributed by atoms with van der Waals surface area (Å²) < 4.78 is 6.48. The average molecular weight is 355 g/mol. The van der Waals surface area contributed by atoms with Crippen LogP contribution in [-0.4, -0.2) is 28.6 Å². The minimum absolute atomic E-state index is 0.00518. The second kappa shape index (κ2) is 8.65. The van der Waals surface area contributed by atoms with Crippen molar-refractivity contribution in [1.29, 1.82) is 0 Å². The highest BCUT2D eigenvalue weighted by Crippen LogP contribution is 2.19. The molecule has 1 aliphatic rings. The van der Waals surface area contributed by atoms with E-state index in [4.69, 9.17) is 4.74 Å². The van der Waals surface area contributed by atoms with Gasteiger partial charge in [0.2, 0.25) is 5.91 Å². The van der Waals surface area contributed by atoms with Gasteiger partial charge in [-0.05, 0) is 37.1 Å². The predicted molar refractivity (Wildman–Crippen MR) is 100 cm³/mol. The number of hydrogen-bond donors (Lipinski definition) is 1. The Bertz CT molecular complexity index is 791. The lowest BCUT2D eigenvalue weighted by molar-refractivity contribution is -0.122. The van der Waals surface area contributed by atoms with Gasteiger partial charge in [-0.1, -0.05) is 25.7 Å². The first-order valence-electron chi connectivity index (χ1n) is 9.16. The molecular weight excluding hydrogens is 330 g/mol. The van der Waals surface area contributed by atoms with Crippen LogP contribution in [0.1, 0.15) is 38.5 Å². The molecule has 1 aromatic carbocycles. The zero-order chi connectivity index (χ0) is 18.4. The van der Waals surface area contributed by atoms with Crippen LogP contribution in [0.4, 0.5) is 0 Å². The van der Waals surface area contributed by atoms with Crippen molar-refractivity contribution in [2.24, 2.45) is 0 Å². The maximum Gasteiger partial charge on any atom is 0.254 e. The standard InChI is InChI=1S/C20H25N3O3/c1-26-17-10-8-15(9-11-17)18-12-20(25)23(14-21-18)13-19(24)22-16-6-4-2-3-5-7-16/h8-12,14,16H,2-7,13H2,1H3,(H,22,24). The smallest absolute Gasteiger partial charge is 0.254 e. The molecule has 1 aromatic heterocycles. The van der Waals surface area contributed by atoms with Crippen LogP contribution in [0.25, 0.3) is 11.3 Å². The summed E-state index contributed by atoms with van der Waals surface area (Å²) in [5.41, 5.74) is 1.18. The number of rotatable bonds is 5. The topological polar surface area (TPSA) is 73.2 Å². The highest BCUT2D eigenvalue weighted by molar-refractivity contribution is 5.76. The van der Waals surface area contributed by atoms with E-state index < -0.39 is 0 Å². The molecule has 1 heterocycles. The number of aromatic nitrogens is 2. The van der Waals surface area contributed by atoms with Crippen LogP contribution in [-0.2, 0) is 11.3 Å². The van der Waals surface area contributed by atoms with E-state index in [1.165, 1.54) is 29.8 Å². The van der Waals surface area contributed by atoms with Crippen molar-refractivity contribution < 1.29 is 9.53 Å². The van der Waals surface area contributed by atoms with Crippen molar-refractivity contribution in [2.75, 3.05) is 7.11 Å². The van der Waals surface area contributed by atoms with Crippen LogP contribution >= 0.6 is 0 Å². The number of carbonyl (C=O) groups excluding carboxylic acids is 1. The van der Waals surface area contributed by atoms with E-state index in [1.54, 1.807) is 7.11 Å². The molecule has 0 bridgehead atoms. The summed E-state index contributed by atoms with van der Waals surface area (Å²) >= 11 is 0. The number of hydrogen-bond acceptors (Lipinski definition) is 4. The van der Waals surface area contributed by atoms with Crippen molar-refractivity contribution in [1.82, 2.24) is 14.9 Å². The summed E-state index contributed by atoms with van der Waals surface area (Å²) in [4.78, 5) is 28.9. The van der Waals surface area contributed by atoms with E-state index in [-0.39, 0.29) is 24.1 Å². The number of benzene rings is 1. The molecule has 0 unspecified atom stereocenters. The molecule has 1 fully saturated rings. The third-order valence-electron chi connectivity index (χ3n) is 4.80. The number of ether oxygens (including phenoxy) is 1. The Morgan fingerprint density at radius 1 is 1.19 bits per heavy atom. The number of carbonyl (C=O) groups is 1. The van der Waals surface area contributed by atoms with E-state index in [0.29, 0.717) is 5.69 Å². The molecule has 0 radical (unpaired) electrons. The van der Waals surface area contributed by atoms with Gasteiger partial charge in [-0.3, -0.25) is 14.2 Å². The summed E-state index contributed by atoms with van der Waals surface area (Å²) in [7, 11) is 1.61. The first kappa shape index (κ1) is 18.2. The number of nitrogens with one attached hydrogen (secondary N) is 1. The number of methoxy groups -OCH3 is 1. The first-order chi connectivity index (χ1) is 12.7. The Morgan fingerprint density at radius 2 is 1.88 bits per heavy atom. The van der Waals surface area contributed by atoms with Gasteiger partial charge in [0.15, 0.2) is 0 Å². The minimum Gasteiger partial charge on any atom is -0.497 e. The second-order valence-electron chi connectivity index (χ2n) is 6.72. The third-order valence-corrected chi connectivity index (χ3v) is 4.80. The van der Waals surface area contributed by atoms with Crippen molar-refractivity contribution >= 4 is 5.91 Å². The molecule has 6 nitrogen and oxygen atoms in total. The molecule has 1 N–H and O–H groups in total.